The van der Waals surface area contributed by atoms with Crippen LogP contribution in [0.5, 0.6) is 11.5 Å². The van der Waals surface area contributed by atoms with E-state index in [1.165, 1.54) is 0 Å². The SMILES string of the molecule is CCCC(=O)Nc1ccc(CN=C(NCC)NCC(C)Oc2ccccc2OC)cc1.I. The molecule has 0 bridgehead atoms. The lowest BCUT2D eigenvalue weighted by Gasteiger charge is -2.19. The molecule has 0 heterocycles. The van der Waals surface area contributed by atoms with Crippen LogP contribution in [0, 0.1) is 0 Å². The Morgan fingerprint density at radius 2 is 1.72 bits per heavy atom. The molecule has 0 aliphatic carbocycles. The lowest BCUT2D eigenvalue weighted by Crippen LogP contribution is -2.41. The van der Waals surface area contributed by atoms with Crippen molar-refractivity contribution in [2.45, 2.75) is 46.3 Å². The number of hydrogen-bond acceptors (Lipinski definition) is 4. The Morgan fingerprint density at radius 1 is 1.03 bits per heavy atom. The highest BCUT2D eigenvalue weighted by Crippen LogP contribution is 2.26. The van der Waals surface area contributed by atoms with Crippen LogP contribution in [0.4, 0.5) is 5.69 Å². The predicted octanol–water partition coefficient (Wildman–Crippen LogP) is 4.57. The summed E-state index contributed by atoms with van der Waals surface area (Å²) in [6.07, 6.45) is 1.29. The molecule has 2 rings (SSSR count). The maximum Gasteiger partial charge on any atom is 0.224 e. The first-order chi connectivity index (χ1) is 15.0. The minimum atomic E-state index is -0.0776. The normalized spacial score (nSPS) is 11.7. The quantitative estimate of drug-likeness (QED) is 0.215. The monoisotopic (exact) mass is 554 g/mol. The molecule has 1 atom stereocenters. The highest BCUT2D eigenvalue weighted by molar-refractivity contribution is 14.0. The number of nitrogens with one attached hydrogen (secondary N) is 3. The van der Waals surface area contributed by atoms with Crippen LogP contribution in [-0.2, 0) is 11.3 Å². The number of carbonyl (C=O) groups is 1. The lowest BCUT2D eigenvalue weighted by atomic mass is 10.2. The van der Waals surface area contributed by atoms with E-state index >= 15 is 0 Å². The molecule has 0 radical (unpaired) electrons. The zero-order chi connectivity index (χ0) is 22.5. The molecule has 176 valence electrons. The van der Waals surface area contributed by atoms with Crippen LogP contribution in [-0.4, -0.2) is 38.2 Å². The minimum absolute atomic E-state index is 0. The van der Waals surface area contributed by atoms with E-state index in [-0.39, 0.29) is 36.0 Å². The first-order valence-corrected chi connectivity index (χ1v) is 10.8. The molecule has 8 heteroatoms. The Hall–Kier alpha value is -2.49. The smallest absolute Gasteiger partial charge is 0.224 e. The van der Waals surface area contributed by atoms with Crippen molar-refractivity contribution in [3.63, 3.8) is 0 Å². The van der Waals surface area contributed by atoms with Crippen molar-refractivity contribution in [3.8, 4) is 11.5 Å². The molecule has 2 aromatic rings. The van der Waals surface area contributed by atoms with Crippen LogP contribution in [0.2, 0.25) is 0 Å². The van der Waals surface area contributed by atoms with Gasteiger partial charge in [-0.15, -0.1) is 24.0 Å². The van der Waals surface area contributed by atoms with E-state index in [4.69, 9.17) is 9.47 Å². The molecule has 0 aliphatic rings. The average Bonchev–Trinajstić information content (AvgIpc) is 2.77. The number of halogens is 1. The van der Waals surface area contributed by atoms with Crippen LogP contribution >= 0.6 is 24.0 Å². The summed E-state index contributed by atoms with van der Waals surface area (Å²) in [5.41, 5.74) is 1.86. The van der Waals surface area contributed by atoms with Gasteiger partial charge in [-0.3, -0.25) is 4.79 Å². The number of benzene rings is 2. The third-order valence-electron chi connectivity index (χ3n) is 4.43. The summed E-state index contributed by atoms with van der Waals surface area (Å²) in [4.78, 5) is 16.3. The number of nitrogens with zero attached hydrogens (tertiary/aromatic N) is 1. The summed E-state index contributed by atoms with van der Waals surface area (Å²) in [7, 11) is 1.63. The largest absolute Gasteiger partial charge is 0.493 e. The first-order valence-electron chi connectivity index (χ1n) is 10.8. The third kappa shape index (κ3) is 9.76. The van der Waals surface area contributed by atoms with Crippen LogP contribution in [0.1, 0.15) is 39.2 Å². The van der Waals surface area contributed by atoms with Crippen molar-refractivity contribution in [2.24, 2.45) is 4.99 Å². The number of aliphatic imine (C=N–C) groups is 1. The number of methoxy groups -OCH3 is 1. The van der Waals surface area contributed by atoms with E-state index in [1.807, 2.05) is 69.3 Å². The molecule has 7 nitrogen and oxygen atoms in total. The summed E-state index contributed by atoms with van der Waals surface area (Å²) < 4.78 is 11.3. The summed E-state index contributed by atoms with van der Waals surface area (Å²) in [5, 5.41) is 9.46. The number of para-hydroxylation sites is 2. The van der Waals surface area contributed by atoms with Crippen molar-refractivity contribution in [1.29, 1.82) is 0 Å². The number of guanidine groups is 1. The second-order valence-electron chi connectivity index (χ2n) is 7.15. The number of hydrogen-bond donors (Lipinski definition) is 3. The third-order valence-corrected chi connectivity index (χ3v) is 4.43. The number of ether oxygens (including phenoxy) is 2. The van der Waals surface area contributed by atoms with Gasteiger partial charge in [0.25, 0.3) is 0 Å². The zero-order valence-electron chi connectivity index (χ0n) is 19.3. The Bertz CT molecular complexity index is 843. The van der Waals surface area contributed by atoms with Crippen LogP contribution in [0.25, 0.3) is 0 Å². The van der Waals surface area contributed by atoms with Gasteiger partial charge in [-0.1, -0.05) is 31.2 Å². The van der Waals surface area contributed by atoms with Gasteiger partial charge in [0.1, 0.15) is 6.10 Å². The van der Waals surface area contributed by atoms with Gasteiger partial charge in [0.2, 0.25) is 5.91 Å². The molecule has 1 amide bonds. The number of carbonyl (C=O) groups excluding carboxylic acids is 1. The minimum Gasteiger partial charge on any atom is -0.493 e. The molecule has 1 unspecified atom stereocenters. The topological polar surface area (TPSA) is 84.0 Å². The molecule has 3 N–H and O–H groups in total. The number of amides is 1. The molecule has 0 aromatic heterocycles. The van der Waals surface area contributed by atoms with Gasteiger partial charge in [0, 0.05) is 18.7 Å². The van der Waals surface area contributed by atoms with Crippen molar-refractivity contribution < 1.29 is 14.3 Å². The standard InChI is InChI=1S/C24H34N4O3.HI/c1-5-9-23(29)28-20-14-12-19(13-15-20)17-27-24(25-6-2)26-16-18(3)31-22-11-8-7-10-21(22)30-4;/h7-8,10-15,18H,5-6,9,16-17H2,1-4H3,(H,28,29)(H2,25,26,27);1H. The molecule has 32 heavy (non-hydrogen) atoms. The summed E-state index contributed by atoms with van der Waals surface area (Å²) in [5.74, 6) is 2.19. The van der Waals surface area contributed by atoms with Gasteiger partial charge >= 0.3 is 0 Å². The van der Waals surface area contributed by atoms with Gasteiger partial charge in [-0.05, 0) is 50.1 Å². The van der Waals surface area contributed by atoms with Gasteiger partial charge in [-0.25, -0.2) is 4.99 Å². The lowest BCUT2D eigenvalue weighted by molar-refractivity contribution is -0.116. The van der Waals surface area contributed by atoms with Crippen molar-refractivity contribution in [3.05, 3.63) is 54.1 Å². The maximum absolute atomic E-state index is 11.7. The van der Waals surface area contributed by atoms with Gasteiger partial charge in [0.05, 0.1) is 20.2 Å². The van der Waals surface area contributed by atoms with Crippen LogP contribution in [0.15, 0.2) is 53.5 Å². The van der Waals surface area contributed by atoms with E-state index in [9.17, 15) is 4.79 Å². The maximum atomic E-state index is 11.7. The average molecular weight is 554 g/mol. The fourth-order valence-electron chi connectivity index (χ4n) is 2.87. The fourth-order valence-corrected chi connectivity index (χ4v) is 2.87. The van der Waals surface area contributed by atoms with Crippen molar-refractivity contribution >= 4 is 41.5 Å². The fraction of sp³-hybridized carbons (Fsp3) is 0.417. The van der Waals surface area contributed by atoms with Gasteiger partial charge in [-0.2, -0.15) is 0 Å². The van der Waals surface area contributed by atoms with Crippen LogP contribution < -0.4 is 25.4 Å². The second kappa shape index (κ2) is 15.3. The van der Waals surface area contributed by atoms with Gasteiger partial charge in [0.15, 0.2) is 17.5 Å². The number of rotatable bonds is 11. The second-order valence-corrected chi connectivity index (χ2v) is 7.15. The molecule has 0 spiro atoms. The highest BCUT2D eigenvalue weighted by atomic mass is 127. The summed E-state index contributed by atoms with van der Waals surface area (Å²) in [6, 6.07) is 15.4. The molecular weight excluding hydrogens is 519 g/mol. The molecule has 0 aliphatic heterocycles. The van der Waals surface area contributed by atoms with E-state index in [0.29, 0.717) is 31.0 Å². The van der Waals surface area contributed by atoms with Crippen molar-refractivity contribution in [2.75, 3.05) is 25.5 Å². The number of anilines is 1. The van der Waals surface area contributed by atoms with Crippen LogP contribution in [0.3, 0.4) is 0 Å². The van der Waals surface area contributed by atoms with E-state index in [1.54, 1.807) is 7.11 Å². The molecular formula is C24H35IN4O3. The molecule has 0 saturated carbocycles. The van der Waals surface area contributed by atoms with Crippen molar-refractivity contribution in [1.82, 2.24) is 10.6 Å². The van der Waals surface area contributed by atoms with E-state index in [0.717, 1.165) is 30.2 Å². The Balaban J connectivity index is 0.00000512. The first kappa shape index (κ1) is 27.5. The van der Waals surface area contributed by atoms with E-state index < -0.39 is 0 Å². The summed E-state index contributed by atoms with van der Waals surface area (Å²) >= 11 is 0. The molecule has 0 saturated heterocycles. The van der Waals surface area contributed by atoms with E-state index in [2.05, 4.69) is 20.9 Å². The predicted molar refractivity (Wildman–Crippen MR) is 141 cm³/mol. The molecule has 2 aromatic carbocycles. The Kier molecular flexibility index (Phi) is 13.2. The highest BCUT2D eigenvalue weighted by Gasteiger charge is 2.09. The Morgan fingerprint density at radius 3 is 2.34 bits per heavy atom. The Labute approximate surface area is 208 Å². The summed E-state index contributed by atoms with van der Waals surface area (Å²) in [6.45, 7) is 7.89. The zero-order valence-corrected chi connectivity index (χ0v) is 21.6. The molecule has 0 fully saturated rings. The van der Waals surface area contributed by atoms with Gasteiger partial charge < -0.3 is 25.4 Å².